The SMILES string of the molecule is CC[C@H](CCO)NS(=O)(=O)c1cccc2ncccc12. The van der Waals surface area contributed by atoms with E-state index in [-0.39, 0.29) is 17.5 Å². The molecule has 1 aromatic carbocycles. The van der Waals surface area contributed by atoms with Crippen LogP contribution >= 0.6 is 0 Å². The third kappa shape index (κ3) is 3.15. The second-order valence-electron chi connectivity index (χ2n) is 4.56. The first-order valence-corrected chi connectivity index (χ1v) is 8.03. The van der Waals surface area contributed by atoms with Gasteiger partial charge in [0.15, 0.2) is 0 Å². The van der Waals surface area contributed by atoms with E-state index >= 15 is 0 Å². The molecule has 2 aromatic rings. The number of pyridine rings is 1. The Bertz CT molecular complexity index is 680. The zero-order valence-electron chi connectivity index (χ0n) is 11.3. The van der Waals surface area contributed by atoms with E-state index in [2.05, 4.69) is 9.71 Å². The number of aliphatic hydroxyl groups excluding tert-OH is 1. The molecule has 0 fully saturated rings. The van der Waals surface area contributed by atoms with Gasteiger partial charge in [-0.3, -0.25) is 4.98 Å². The standard InChI is InChI=1S/C14H18N2O3S/c1-2-11(8-10-17)16-20(18,19)14-7-3-6-13-12(14)5-4-9-15-13/h3-7,9,11,16-17H,2,8,10H2,1H3/t11-/m1/s1. The lowest BCUT2D eigenvalue weighted by atomic mass is 10.2. The fraction of sp³-hybridized carbons (Fsp3) is 0.357. The maximum Gasteiger partial charge on any atom is 0.241 e. The van der Waals surface area contributed by atoms with Crippen molar-refractivity contribution in [2.75, 3.05) is 6.61 Å². The van der Waals surface area contributed by atoms with Gasteiger partial charge in [-0.15, -0.1) is 0 Å². The first-order chi connectivity index (χ1) is 9.58. The summed E-state index contributed by atoms with van der Waals surface area (Å²) in [6, 6.07) is 8.21. The van der Waals surface area contributed by atoms with E-state index in [9.17, 15) is 8.42 Å². The van der Waals surface area contributed by atoms with E-state index in [1.165, 1.54) is 0 Å². The van der Waals surface area contributed by atoms with Crippen molar-refractivity contribution in [2.24, 2.45) is 0 Å². The molecule has 0 aliphatic rings. The van der Waals surface area contributed by atoms with Crippen LogP contribution in [0, 0.1) is 0 Å². The number of aliphatic hydroxyl groups is 1. The average molecular weight is 294 g/mol. The maximum absolute atomic E-state index is 12.5. The summed E-state index contributed by atoms with van der Waals surface area (Å²) in [5.74, 6) is 0. The van der Waals surface area contributed by atoms with E-state index in [1.54, 1.807) is 36.5 Å². The highest BCUT2D eigenvalue weighted by molar-refractivity contribution is 7.89. The largest absolute Gasteiger partial charge is 0.396 e. The van der Waals surface area contributed by atoms with Crippen LogP contribution < -0.4 is 4.72 Å². The van der Waals surface area contributed by atoms with E-state index < -0.39 is 10.0 Å². The highest BCUT2D eigenvalue weighted by atomic mass is 32.2. The number of hydrogen-bond acceptors (Lipinski definition) is 4. The number of fused-ring (bicyclic) bond motifs is 1. The second kappa shape index (κ2) is 6.30. The zero-order valence-corrected chi connectivity index (χ0v) is 12.1. The molecule has 1 heterocycles. The van der Waals surface area contributed by atoms with Gasteiger partial charge in [0.2, 0.25) is 10.0 Å². The van der Waals surface area contributed by atoms with Crippen LogP contribution in [0.5, 0.6) is 0 Å². The molecule has 5 nitrogen and oxygen atoms in total. The Morgan fingerprint density at radius 1 is 1.30 bits per heavy atom. The predicted octanol–water partition coefficient (Wildman–Crippen LogP) is 1.67. The van der Waals surface area contributed by atoms with Gasteiger partial charge >= 0.3 is 0 Å². The Balaban J connectivity index is 2.41. The van der Waals surface area contributed by atoms with Crippen LogP contribution in [0.25, 0.3) is 10.9 Å². The summed E-state index contributed by atoms with van der Waals surface area (Å²) in [5.41, 5.74) is 0.644. The van der Waals surface area contributed by atoms with E-state index in [0.29, 0.717) is 23.7 Å². The summed E-state index contributed by atoms with van der Waals surface area (Å²) >= 11 is 0. The summed E-state index contributed by atoms with van der Waals surface area (Å²) in [7, 11) is -3.62. The van der Waals surface area contributed by atoms with Gasteiger partial charge in [0, 0.05) is 24.2 Å². The second-order valence-corrected chi connectivity index (χ2v) is 6.25. The van der Waals surface area contributed by atoms with Crippen molar-refractivity contribution < 1.29 is 13.5 Å². The van der Waals surface area contributed by atoms with Crippen molar-refractivity contribution in [1.29, 1.82) is 0 Å². The number of benzene rings is 1. The molecule has 0 spiro atoms. The van der Waals surface area contributed by atoms with Crippen molar-refractivity contribution in [3.05, 3.63) is 36.5 Å². The fourth-order valence-corrected chi connectivity index (χ4v) is 3.66. The van der Waals surface area contributed by atoms with Gasteiger partial charge in [-0.1, -0.05) is 13.0 Å². The molecule has 0 bridgehead atoms. The quantitative estimate of drug-likeness (QED) is 0.849. The highest BCUT2D eigenvalue weighted by Gasteiger charge is 2.20. The Kier molecular flexibility index (Phi) is 4.69. The predicted molar refractivity (Wildman–Crippen MR) is 77.8 cm³/mol. The molecule has 2 rings (SSSR count). The summed E-state index contributed by atoms with van der Waals surface area (Å²) < 4.78 is 27.6. The van der Waals surface area contributed by atoms with Crippen molar-refractivity contribution in [3.63, 3.8) is 0 Å². The molecule has 0 amide bonds. The van der Waals surface area contributed by atoms with Crippen LogP contribution in [0.3, 0.4) is 0 Å². The van der Waals surface area contributed by atoms with Crippen LogP contribution in [0.15, 0.2) is 41.4 Å². The number of sulfonamides is 1. The molecule has 2 N–H and O–H groups in total. The van der Waals surface area contributed by atoms with Crippen molar-refractivity contribution in [3.8, 4) is 0 Å². The Morgan fingerprint density at radius 2 is 2.10 bits per heavy atom. The summed E-state index contributed by atoms with van der Waals surface area (Å²) in [6.45, 7) is 1.84. The molecule has 0 aliphatic heterocycles. The third-order valence-corrected chi connectivity index (χ3v) is 4.77. The normalized spacial score (nSPS) is 13.5. The number of nitrogens with one attached hydrogen (secondary N) is 1. The molecule has 20 heavy (non-hydrogen) atoms. The van der Waals surface area contributed by atoms with Crippen molar-refractivity contribution in [2.45, 2.75) is 30.7 Å². The monoisotopic (exact) mass is 294 g/mol. The van der Waals surface area contributed by atoms with Gasteiger partial charge in [-0.2, -0.15) is 0 Å². The molecule has 0 aliphatic carbocycles. The number of hydrogen-bond donors (Lipinski definition) is 2. The Morgan fingerprint density at radius 3 is 2.80 bits per heavy atom. The molecule has 108 valence electrons. The van der Waals surface area contributed by atoms with Gasteiger partial charge in [-0.25, -0.2) is 13.1 Å². The fourth-order valence-electron chi connectivity index (χ4n) is 2.09. The first-order valence-electron chi connectivity index (χ1n) is 6.55. The van der Waals surface area contributed by atoms with Gasteiger partial charge in [-0.05, 0) is 37.1 Å². The maximum atomic E-state index is 12.5. The highest BCUT2D eigenvalue weighted by Crippen LogP contribution is 2.21. The number of rotatable bonds is 6. The lowest BCUT2D eigenvalue weighted by Gasteiger charge is -2.16. The summed E-state index contributed by atoms with van der Waals surface area (Å²) in [6.07, 6.45) is 2.66. The molecule has 1 aromatic heterocycles. The minimum atomic E-state index is -3.62. The Hall–Kier alpha value is -1.50. The van der Waals surface area contributed by atoms with Crippen LogP contribution in [0.4, 0.5) is 0 Å². The molecular weight excluding hydrogens is 276 g/mol. The summed E-state index contributed by atoms with van der Waals surface area (Å²) in [4.78, 5) is 4.38. The number of nitrogens with zero attached hydrogens (tertiary/aromatic N) is 1. The summed E-state index contributed by atoms with van der Waals surface area (Å²) in [5, 5.41) is 9.56. The molecule has 0 unspecified atom stereocenters. The van der Waals surface area contributed by atoms with Gasteiger partial charge in [0.25, 0.3) is 0 Å². The van der Waals surface area contributed by atoms with Crippen LogP contribution in [0.2, 0.25) is 0 Å². The molecular formula is C14H18N2O3S. The molecule has 1 atom stereocenters. The topological polar surface area (TPSA) is 79.3 Å². The van der Waals surface area contributed by atoms with Gasteiger partial charge < -0.3 is 5.11 Å². The van der Waals surface area contributed by atoms with Crippen LogP contribution in [0.1, 0.15) is 19.8 Å². The van der Waals surface area contributed by atoms with Crippen LogP contribution in [-0.4, -0.2) is 31.2 Å². The van der Waals surface area contributed by atoms with Crippen molar-refractivity contribution >= 4 is 20.9 Å². The van der Waals surface area contributed by atoms with Crippen LogP contribution in [-0.2, 0) is 10.0 Å². The van der Waals surface area contributed by atoms with E-state index in [1.807, 2.05) is 6.92 Å². The molecule has 6 heteroatoms. The molecule has 0 radical (unpaired) electrons. The van der Waals surface area contributed by atoms with E-state index in [0.717, 1.165) is 0 Å². The lowest BCUT2D eigenvalue weighted by Crippen LogP contribution is -2.35. The minimum absolute atomic E-state index is 0.0435. The smallest absolute Gasteiger partial charge is 0.241 e. The average Bonchev–Trinajstić information content (AvgIpc) is 2.46. The zero-order chi connectivity index (χ0) is 14.6. The lowest BCUT2D eigenvalue weighted by molar-refractivity contribution is 0.270. The van der Waals surface area contributed by atoms with E-state index in [4.69, 9.17) is 5.11 Å². The van der Waals surface area contributed by atoms with Crippen molar-refractivity contribution in [1.82, 2.24) is 9.71 Å². The first kappa shape index (κ1) is 14.9. The van der Waals surface area contributed by atoms with Gasteiger partial charge in [0.05, 0.1) is 10.4 Å². The minimum Gasteiger partial charge on any atom is -0.396 e. The Labute approximate surface area is 118 Å². The third-order valence-electron chi connectivity index (χ3n) is 3.19. The molecule has 0 saturated carbocycles. The number of aromatic nitrogens is 1. The van der Waals surface area contributed by atoms with Gasteiger partial charge in [0.1, 0.15) is 0 Å². The molecule has 0 saturated heterocycles.